The molecule has 0 spiro atoms. The number of hydrogen-bond acceptors (Lipinski definition) is 5. The van der Waals surface area contributed by atoms with E-state index in [-0.39, 0.29) is 11.2 Å². The molecule has 0 aromatic carbocycles. The molecule has 0 fully saturated rings. The highest BCUT2D eigenvalue weighted by atomic mass is 16.6. The van der Waals surface area contributed by atoms with Crippen LogP contribution in [0.15, 0.2) is 12.3 Å². The molecule has 6 heteroatoms. The minimum absolute atomic E-state index is 0.0723. The summed E-state index contributed by atoms with van der Waals surface area (Å²) in [7, 11) is 0. The number of nitrogens with one attached hydrogen (secondary N) is 1. The van der Waals surface area contributed by atoms with Crippen molar-refractivity contribution in [3.8, 4) is 0 Å². The molecular weight excluding hydrogens is 232 g/mol. The lowest BCUT2D eigenvalue weighted by Gasteiger charge is -2.27. The van der Waals surface area contributed by atoms with Crippen molar-refractivity contribution in [2.75, 3.05) is 11.9 Å². The van der Waals surface area contributed by atoms with Crippen LogP contribution in [0.3, 0.4) is 0 Å². The molecule has 1 rings (SSSR count). The van der Waals surface area contributed by atoms with Gasteiger partial charge in [0.2, 0.25) is 0 Å². The number of hydrogen-bond donors (Lipinski definition) is 2. The maximum Gasteiger partial charge on any atom is 0.277 e. The molecule has 0 saturated heterocycles. The van der Waals surface area contributed by atoms with Crippen molar-refractivity contribution in [1.82, 2.24) is 4.98 Å². The van der Waals surface area contributed by atoms with Gasteiger partial charge in [0.05, 0.1) is 11.0 Å². The van der Waals surface area contributed by atoms with Crippen molar-refractivity contribution >= 4 is 11.5 Å². The Morgan fingerprint density at radius 1 is 1.50 bits per heavy atom. The molecule has 1 heterocycles. The number of aryl methyl sites for hydroxylation is 1. The molecule has 0 aliphatic heterocycles. The van der Waals surface area contributed by atoms with Gasteiger partial charge in [0, 0.05) is 23.8 Å². The van der Waals surface area contributed by atoms with Crippen LogP contribution in [0.2, 0.25) is 0 Å². The minimum Gasteiger partial charge on any atom is -0.368 e. The summed E-state index contributed by atoms with van der Waals surface area (Å²) in [4.78, 5) is 14.5. The fourth-order valence-corrected chi connectivity index (χ4v) is 1.57. The molecule has 1 aromatic rings. The van der Waals surface area contributed by atoms with Crippen LogP contribution < -0.4 is 11.1 Å². The van der Waals surface area contributed by atoms with Crippen LogP contribution in [0.4, 0.5) is 11.5 Å². The maximum absolute atomic E-state index is 10.8. The Kier molecular flexibility index (Phi) is 4.61. The largest absolute Gasteiger partial charge is 0.368 e. The molecule has 100 valence electrons. The molecule has 0 amide bonds. The number of nitrogens with two attached hydrogens (primary N) is 1. The minimum atomic E-state index is -0.405. The summed E-state index contributed by atoms with van der Waals surface area (Å²) in [6, 6.07) is 1.45. The number of nitrogens with zero attached hydrogens (tertiary/aromatic N) is 2. The summed E-state index contributed by atoms with van der Waals surface area (Å²) in [5, 5.41) is 13.9. The number of nitro groups is 1. The van der Waals surface area contributed by atoms with E-state index in [1.165, 1.54) is 12.3 Å². The molecule has 0 atom stereocenters. The lowest BCUT2D eigenvalue weighted by molar-refractivity contribution is -0.385. The average Bonchev–Trinajstić information content (AvgIpc) is 2.37. The van der Waals surface area contributed by atoms with E-state index in [0.29, 0.717) is 17.9 Å². The van der Waals surface area contributed by atoms with Crippen molar-refractivity contribution in [3.05, 3.63) is 27.9 Å². The van der Waals surface area contributed by atoms with E-state index in [0.717, 1.165) is 12.8 Å². The Morgan fingerprint density at radius 3 is 2.61 bits per heavy atom. The number of pyridine rings is 1. The Labute approximate surface area is 107 Å². The second kappa shape index (κ2) is 5.77. The zero-order valence-electron chi connectivity index (χ0n) is 11.1. The summed E-state index contributed by atoms with van der Waals surface area (Å²) < 4.78 is 0. The van der Waals surface area contributed by atoms with Gasteiger partial charge < -0.3 is 11.1 Å². The Hall–Kier alpha value is -1.69. The van der Waals surface area contributed by atoms with E-state index in [1.807, 2.05) is 13.8 Å². The highest BCUT2D eigenvalue weighted by Gasteiger charge is 2.20. The molecule has 0 radical (unpaired) electrons. The van der Waals surface area contributed by atoms with E-state index in [4.69, 9.17) is 5.73 Å². The third-order valence-corrected chi connectivity index (χ3v) is 3.30. The monoisotopic (exact) mass is 252 g/mol. The van der Waals surface area contributed by atoms with Gasteiger partial charge in [-0.25, -0.2) is 4.98 Å². The SMILES string of the molecule is CCC(N)(CC)CNc1cc([N+](=O)[O-])c(C)cn1. The molecule has 3 N–H and O–H groups in total. The van der Waals surface area contributed by atoms with E-state index in [2.05, 4.69) is 10.3 Å². The first kappa shape index (κ1) is 14.4. The van der Waals surface area contributed by atoms with Crippen LogP contribution in [0.25, 0.3) is 0 Å². The smallest absolute Gasteiger partial charge is 0.277 e. The molecule has 0 aliphatic carbocycles. The standard InChI is InChI=1S/C12H20N4O2/c1-4-12(13,5-2)8-15-11-6-10(16(17)18)9(3)7-14-11/h6-7H,4-5,8,13H2,1-3H3,(H,14,15). The van der Waals surface area contributed by atoms with Crippen LogP contribution >= 0.6 is 0 Å². The molecule has 0 bridgehead atoms. The first-order valence-electron chi connectivity index (χ1n) is 6.05. The summed E-state index contributed by atoms with van der Waals surface area (Å²) in [5.74, 6) is 0.490. The van der Waals surface area contributed by atoms with Gasteiger partial charge >= 0.3 is 0 Å². The normalized spacial score (nSPS) is 11.3. The predicted octanol–water partition coefficient (Wildman–Crippen LogP) is 2.23. The van der Waals surface area contributed by atoms with Gasteiger partial charge in [-0.1, -0.05) is 13.8 Å². The third kappa shape index (κ3) is 3.40. The van der Waals surface area contributed by atoms with E-state index in [1.54, 1.807) is 6.92 Å². The van der Waals surface area contributed by atoms with Crippen LogP contribution in [-0.2, 0) is 0 Å². The van der Waals surface area contributed by atoms with Crippen molar-refractivity contribution in [3.63, 3.8) is 0 Å². The van der Waals surface area contributed by atoms with Crippen LogP contribution in [0.1, 0.15) is 32.3 Å². The number of anilines is 1. The Bertz CT molecular complexity index is 430. The van der Waals surface area contributed by atoms with Gasteiger partial charge in [-0.2, -0.15) is 0 Å². The van der Waals surface area contributed by atoms with Crippen molar-refractivity contribution < 1.29 is 4.92 Å². The van der Waals surface area contributed by atoms with Gasteiger partial charge in [0.1, 0.15) is 5.82 Å². The summed E-state index contributed by atoms with van der Waals surface area (Å²) in [5.41, 5.74) is 6.47. The van der Waals surface area contributed by atoms with Gasteiger partial charge in [-0.05, 0) is 19.8 Å². The second-order valence-electron chi connectivity index (χ2n) is 4.54. The maximum atomic E-state index is 10.8. The van der Waals surface area contributed by atoms with Gasteiger partial charge in [-0.3, -0.25) is 10.1 Å². The Morgan fingerprint density at radius 2 is 2.11 bits per heavy atom. The van der Waals surface area contributed by atoms with E-state index in [9.17, 15) is 10.1 Å². The molecule has 1 aromatic heterocycles. The molecule has 18 heavy (non-hydrogen) atoms. The average molecular weight is 252 g/mol. The topological polar surface area (TPSA) is 94.1 Å². The van der Waals surface area contributed by atoms with Gasteiger partial charge in [-0.15, -0.1) is 0 Å². The van der Waals surface area contributed by atoms with E-state index >= 15 is 0 Å². The lowest BCUT2D eigenvalue weighted by atomic mass is 9.94. The molecular formula is C12H20N4O2. The molecule has 0 saturated carbocycles. The summed E-state index contributed by atoms with van der Waals surface area (Å²) in [6.07, 6.45) is 3.17. The molecule has 6 nitrogen and oxygen atoms in total. The molecule has 0 aliphatic rings. The molecule has 0 unspecified atom stereocenters. The zero-order chi connectivity index (χ0) is 13.8. The highest BCUT2D eigenvalue weighted by molar-refractivity contribution is 5.49. The summed E-state index contributed by atoms with van der Waals surface area (Å²) in [6.45, 7) is 6.26. The zero-order valence-corrected chi connectivity index (χ0v) is 11.1. The summed E-state index contributed by atoms with van der Waals surface area (Å²) >= 11 is 0. The Balaban J connectivity index is 2.80. The second-order valence-corrected chi connectivity index (χ2v) is 4.54. The number of aromatic nitrogens is 1. The fraction of sp³-hybridized carbons (Fsp3) is 0.583. The first-order chi connectivity index (χ1) is 8.41. The highest BCUT2D eigenvalue weighted by Crippen LogP contribution is 2.20. The lowest BCUT2D eigenvalue weighted by Crippen LogP contribution is -2.45. The van der Waals surface area contributed by atoms with Crippen molar-refractivity contribution in [1.29, 1.82) is 0 Å². The van der Waals surface area contributed by atoms with Crippen LogP contribution in [-0.4, -0.2) is 22.0 Å². The predicted molar refractivity (Wildman–Crippen MR) is 71.6 cm³/mol. The van der Waals surface area contributed by atoms with Gasteiger partial charge in [0.15, 0.2) is 0 Å². The first-order valence-corrected chi connectivity index (χ1v) is 6.05. The van der Waals surface area contributed by atoms with E-state index < -0.39 is 4.92 Å². The quantitative estimate of drug-likeness (QED) is 0.598. The van der Waals surface area contributed by atoms with Gasteiger partial charge in [0.25, 0.3) is 5.69 Å². The number of rotatable bonds is 6. The fourth-order valence-electron chi connectivity index (χ4n) is 1.57. The van der Waals surface area contributed by atoms with Crippen LogP contribution in [0.5, 0.6) is 0 Å². The third-order valence-electron chi connectivity index (χ3n) is 3.30. The van der Waals surface area contributed by atoms with Crippen LogP contribution in [0, 0.1) is 17.0 Å². The van der Waals surface area contributed by atoms with Crippen molar-refractivity contribution in [2.24, 2.45) is 5.73 Å². The van der Waals surface area contributed by atoms with Crippen molar-refractivity contribution in [2.45, 2.75) is 39.2 Å².